The second kappa shape index (κ2) is 8.61. The summed E-state index contributed by atoms with van der Waals surface area (Å²) in [5, 5.41) is 0. The predicted octanol–water partition coefficient (Wildman–Crippen LogP) is 3.46. The molecule has 0 N–H and O–H groups in total. The van der Waals surface area contributed by atoms with Crippen molar-refractivity contribution in [2.24, 2.45) is 0 Å². The number of rotatable bonds is 4. The Morgan fingerprint density at radius 2 is 1.77 bits per heavy atom. The van der Waals surface area contributed by atoms with Gasteiger partial charge in [0.1, 0.15) is 12.3 Å². The summed E-state index contributed by atoms with van der Waals surface area (Å²) in [6.07, 6.45) is 0.0369. The monoisotopic (exact) mass is 421 g/mol. The first-order chi connectivity index (χ1) is 14.9. The van der Waals surface area contributed by atoms with Gasteiger partial charge in [0.05, 0.1) is 5.69 Å². The van der Waals surface area contributed by atoms with Crippen LogP contribution >= 0.6 is 0 Å². The summed E-state index contributed by atoms with van der Waals surface area (Å²) in [5.74, 6) is 0.519. The van der Waals surface area contributed by atoms with E-state index in [4.69, 9.17) is 4.74 Å². The Balaban J connectivity index is 1.46. The number of piperazine rings is 1. The molecule has 2 heterocycles. The van der Waals surface area contributed by atoms with Gasteiger partial charge in [-0.3, -0.25) is 14.5 Å². The average molecular weight is 422 g/mol. The van der Waals surface area contributed by atoms with E-state index in [1.54, 1.807) is 4.90 Å². The fourth-order valence-electron chi connectivity index (χ4n) is 4.37. The van der Waals surface area contributed by atoms with Crippen molar-refractivity contribution < 1.29 is 14.3 Å². The summed E-state index contributed by atoms with van der Waals surface area (Å²) in [6, 6.07) is 12.1. The summed E-state index contributed by atoms with van der Waals surface area (Å²) in [5.41, 5.74) is 5.53. The molecule has 1 atom stereocenters. The third kappa shape index (κ3) is 4.11. The molecular weight excluding hydrogens is 390 g/mol. The van der Waals surface area contributed by atoms with Gasteiger partial charge in [0, 0.05) is 31.9 Å². The van der Waals surface area contributed by atoms with E-state index in [1.165, 1.54) is 16.8 Å². The highest BCUT2D eigenvalue weighted by Crippen LogP contribution is 2.35. The van der Waals surface area contributed by atoms with Crippen LogP contribution < -0.4 is 14.5 Å². The number of anilines is 2. The Morgan fingerprint density at radius 1 is 1.03 bits per heavy atom. The van der Waals surface area contributed by atoms with E-state index in [-0.39, 0.29) is 18.4 Å². The molecule has 164 valence electrons. The number of nitrogens with zero attached hydrogens (tertiary/aromatic N) is 3. The summed E-state index contributed by atoms with van der Waals surface area (Å²) in [7, 11) is 0. The van der Waals surface area contributed by atoms with Gasteiger partial charge in [-0.05, 0) is 62.1 Å². The summed E-state index contributed by atoms with van der Waals surface area (Å²) >= 11 is 0. The van der Waals surface area contributed by atoms with Gasteiger partial charge in [-0.1, -0.05) is 25.1 Å². The minimum atomic E-state index is -0.538. The van der Waals surface area contributed by atoms with E-state index >= 15 is 0 Å². The van der Waals surface area contributed by atoms with Crippen molar-refractivity contribution in [3.05, 3.63) is 53.1 Å². The zero-order chi connectivity index (χ0) is 22.1. The normalized spacial score (nSPS) is 18.6. The third-order valence-corrected chi connectivity index (χ3v) is 6.43. The lowest BCUT2D eigenvalue weighted by atomic mass is 10.1. The lowest BCUT2D eigenvalue weighted by molar-refractivity contribution is -0.133. The average Bonchev–Trinajstić information content (AvgIpc) is 2.77. The molecule has 1 unspecified atom stereocenters. The number of benzene rings is 2. The summed E-state index contributed by atoms with van der Waals surface area (Å²) < 4.78 is 5.87. The highest BCUT2D eigenvalue weighted by atomic mass is 16.5. The maximum absolute atomic E-state index is 13.1. The minimum Gasteiger partial charge on any atom is -0.478 e. The molecule has 2 aliphatic rings. The van der Waals surface area contributed by atoms with Crippen molar-refractivity contribution in [3.63, 3.8) is 0 Å². The maximum atomic E-state index is 13.1. The van der Waals surface area contributed by atoms with Crippen LogP contribution in [0.4, 0.5) is 11.4 Å². The van der Waals surface area contributed by atoms with Crippen molar-refractivity contribution in [3.8, 4) is 5.75 Å². The van der Waals surface area contributed by atoms with Gasteiger partial charge in [-0.15, -0.1) is 0 Å². The van der Waals surface area contributed by atoms with Crippen molar-refractivity contribution in [2.45, 2.75) is 40.2 Å². The first-order valence-corrected chi connectivity index (χ1v) is 11.1. The van der Waals surface area contributed by atoms with Crippen molar-refractivity contribution >= 4 is 23.2 Å². The number of carbonyl (C=O) groups excluding carboxylic acids is 2. The summed E-state index contributed by atoms with van der Waals surface area (Å²) in [6.45, 7) is 11.1. The van der Waals surface area contributed by atoms with Crippen LogP contribution in [0.15, 0.2) is 36.4 Å². The number of aryl methyl sites for hydroxylation is 2. The Hall–Kier alpha value is -3.02. The Morgan fingerprint density at radius 3 is 2.48 bits per heavy atom. The van der Waals surface area contributed by atoms with E-state index in [0.717, 1.165) is 18.7 Å². The molecule has 31 heavy (non-hydrogen) atoms. The number of amides is 2. The molecule has 0 aliphatic carbocycles. The number of hydrogen-bond acceptors (Lipinski definition) is 4. The van der Waals surface area contributed by atoms with Crippen LogP contribution in [0.1, 0.15) is 30.0 Å². The highest BCUT2D eigenvalue weighted by molar-refractivity contribution is 6.04. The lowest BCUT2D eigenvalue weighted by Gasteiger charge is -2.39. The molecule has 0 aromatic heterocycles. The van der Waals surface area contributed by atoms with Gasteiger partial charge >= 0.3 is 0 Å². The quantitative estimate of drug-likeness (QED) is 0.759. The Bertz CT molecular complexity index is 996. The fourth-order valence-corrected chi connectivity index (χ4v) is 4.37. The smallest absolute Gasteiger partial charge is 0.268 e. The second-order valence-electron chi connectivity index (χ2n) is 8.50. The largest absolute Gasteiger partial charge is 0.478 e. The third-order valence-electron chi connectivity index (χ3n) is 6.43. The highest BCUT2D eigenvalue weighted by Gasteiger charge is 2.35. The van der Waals surface area contributed by atoms with Gasteiger partial charge in [0.2, 0.25) is 5.91 Å². The second-order valence-corrected chi connectivity index (χ2v) is 8.50. The number of carbonyl (C=O) groups is 2. The number of hydrogen-bond donors (Lipinski definition) is 0. The van der Waals surface area contributed by atoms with Gasteiger partial charge in [0.25, 0.3) is 5.91 Å². The van der Waals surface area contributed by atoms with E-state index in [1.807, 2.05) is 36.9 Å². The molecule has 1 saturated heterocycles. The van der Waals surface area contributed by atoms with E-state index in [9.17, 15) is 9.59 Å². The molecule has 4 rings (SSSR count). The SMILES string of the molecule is CCC1Oc2ccc(C)cc2N(CC(=O)N2CCN(c3cccc(C)c3C)CC2)C1=O. The molecule has 6 heteroatoms. The Labute approximate surface area is 184 Å². The molecular formula is C25H31N3O3. The van der Waals surface area contributed by atoms with Gasteiger partial charge in [-0.2, -0.15) is 0 Å². The predicted molar refractivity (Wildman–Crippen MR) is 123 cm³/mol. The van der Waals surface area contributed by atoms with Gasteiger partial charge in [-0.25, -0.2) is 0 Å². The first kappa shape index (κ1) is 21.2. The standard InChI is InChI=1S/C25H31N3O3/c1-5-22-25(30)28(21-15-17(2)9-10-23(21)31-22)16-24(29)27-13-11-26(12-14-27)20-8-6-7-18(3)19(20)4/h6-10,15,22H,5,11-14,16H2,1-4H3. The molecule has 2 aromatic rings. The zero-order valence-corrected chi connectivity index (χ0v) is 18.9. The number of ether oxygens (including phenoxy) is 1. The van der Waals surface area contributed by atoms with Crippen molar-refractivity contribution in [1.29, 1.82) is 0 Å². The van der Waals surface area contributed by atoms with E-state index < -0.39 is 6.10 Å². The fraction of sp³-hybridized carbons (Fsp3) is 0.440. The maximum Gasteiger partial charge on any atom is 0.268 e. The Kier molecular flexibility index (Phi) is 5.90. The van der Waals surface area contributed by atoms with Crippen LogP contribution in [0.3, 0.4) is 0 Å². The van der Waals surface area contributed by atoms with Gasteiger partial charge < -0.3 is 14.5 Å². The van der Waals surface area contributed by atoms with Crippen LogP contribution in [0.25, 0.3) is 0 Å². The molecule has 2 aliphatic heterocycles. The van der Waals surface area contributed by atoms with Crippen molar-refractivity contribution in [1.82, 2.24) is 4.90 Å². The minimum absolute atomic E-state index is 0.0156. The van der Waals surface area contributed by atoms with Gasteiger partial charge in [0.15, 0.2) is 6.10 Å². The lowest BCUT2D eigenvalue weighted by Crippen LogP contribution is -2.54. The van der Waals surface area contributed by atoms with Crippen molar-refractivity contribution in [2.75, 3.05) is 42.5 Å². The molecule has 0 bridgehead atoms. The van der Waals surface area contributed by atoms with E-state index in [0.29, 0.717) is 30.9 Å². The first-order valence-electron chi connectivity index (χ1n) is 11.1. The molecule has 0 saturated carbocycles. The zero-order valence-electron chi connectivity index (χ0n) is 18.9. The van der Waals surface area contributed by atoms with Crippen LogP contribution in [-0.2, 0) is 9.59 Å². The van der Waals surface area contributed by atoms with Crippen LogP contribution in [0, 0.1) is 20.8 Å². The molecule has 6 nitrogen and oxygen atoms in total. The molecule has 1 fully saturated rings. The molecule has 2 amide bonds. The summed E-state index contributed by atoms with van der Waals surface area (Å²) in [4.78, 5) is 31.9. The molecule has 0 spiro atoms. The topological polar surface area (TPSA) is 53.1 Å². The molecule has 2 aromatic carbocycles. The van der Waals surface area contributed by atoms with Crippen LogP contribution in [-0.4, -0.2) is 55.5 Å². The van der Waals surface area contributed by atoms with Crippen LogP contribution in [0.5, 0.6) is 5.75 Å². The number of fused-ring (bicyclic) bond motifs is 1. The van der Waals surface area contributed by atoms with E-state index in [2.05, 4.69) is 36.9 Å². The van der Waals surface area contributed by atoms with Crippen LogP contribution in [0.2, 0.25) is 0 Å². The molecule has 0 radical (unpaired) electrons.